The lowest BCUT2D eigenvalue weighted by atomic mass is 9.50. The number of fused-ring (bicyclic) bond motifs is 5. The van der Waals surface area contributed by atoms with E-state index >= 15 is 0 Å². The lowest BCUT2D eigenvalue weighted by Crippen LogP contribution is -2.53. The summed E-state index contributed by atoms with van der Waals surface area (Å²) >= 11 is 0. The Morgan fingerprint density at radius 2 is 1.96 bits per heavy atom. The third-order valence-electron chi connectivity index (χ3n) is 8.25. The Hall–Kier alpha value is -1.32. The first-order valence-electron chi connectivity index (χ1n) is 9.81. The van der Waals surface area contributed by atoms with Crippen LogP contribution in [0, 0.1) is 34.5 Å². The van der Waals surface area contributed by atoms with Crippen LogP contribution in [0.25, 0.3) is 0 Å². The van der Waals surface area contributed by atoms with Crippen LogP contribution >= 0.6 is 0 Å². The van der Waals surface area contributed by atoms with Crippen LogP contribution in [0.5, 0.6) is 0 Å². The van der Waals surface area contributed by atoms with Crippen molar-refractivity contribution in [3.05, 3.63) is 11.8 Å². The fourth-order valence-corrected chi connectivity index (χ4v) is 6.73. The van der Waals surface area contributed by atoms with Crippen LogP contribution in [0.3, 0.4) is 0 Å². The number of methoxy groups -OCH3 is 2. The Bertz CT molecular complexity index is 639. The van der Waals surface area contributed by atoms with Gasteiger partial charge in [-0.1, -0.05) is 13.8 Å². The van der Waals surface area contributed by atoms with Crippen molar-refractivity contribution in [1.29, 1.82) is 0 Å². The molecule has 2 saturated carbocycles. The van der Waals surface area contributed by atoms with Crippen LogP contribution in [0.15, 0.2) is 16.8 Å². The number of carbonyl (C=O) groups is 1. The summed E-state index contributed by atoms with van der Waals surface area (Å²) in [5.74, 6) is 3.05. The minimum atomic E-state index is -0.00000226. The van der Waals surface area contributed by atoms with Crippen molar-refractivity contribution < 1.29 is 14.3 Å². The lowest BCUT2D eigenvalue weighted by molar-refractivity contribution is -0.152. The largest absolute Gasteiger partial charge is 0.501 e. The van der Waals surface area contributed by atoms with E-state index in [4.69, 9.17) is 14.5 Å². The summed E-state index contributed by atoms with van der Waals surface area (Å²) in [5, 5.41) is 0. The minimum absolute atomic E-state index is 0.00000226. The summed E-state index contributed by atoms with van der Waals surface area (Å²) in [6.07, 6.45) is 8.83. The molecule has 1 heterocycles. The highest BCUT2D eigenvalue weighted by Crippen LogP contribution is 2.63. The van der Waals surface area contributed by atoms with Crippen molar-refractivity contribution in [2.24, 2.45) is 39.5 Å². The average Bonchev–Trinajstić information content (AvgIpc) is 2.97. The van der Waals surface area contributed by atoms with Crippen molar-refractivity contribution in [2.75, 3.05) is 20.8 Å². The van der Waals surface area contributed by atoms with E-state index in [-0.39, 0.29) is 22.7 Å². The van der Waals surface area contributed by atoms with Crippen molar-refractivity contribution in [3.8, 4) is 0 Å². The van der Waals surface area contributed by atoms with Gasteiger partial charge in [-0.05, 0) is 61.3 Å². The molecule has 3 aliphatic carbocycles. The van der Waals surface area contributed by atoms with Gasteiger partial charge in [0.15, 0.2) is 0 Å². The fourth-order valence-electron chi connectivity index (χ4n) is 6.73. The van der Waals surface area contributed by atoms with E-state index in [9.17, 15) is 4.79 Å². The maximum atomic E-state index is 12.3. The van der Waals surface area contributed by atoms with Gasteiger partial charge in [-0.15, -0.1) is 0 Å². The predicted octanol–water partition coefficient (Wildman–Crippen LogP) is 4.00. The monoisotopic (exact) mass is 345 g/mol. The van der Waals surface area contributed by atoms with Crippen LogP contribution in [0.4, 0.5) is 0 Å². The van der Waals surface area contributed by atoms with Crippen LogP contribution in [-0.2, 0) is 14.3 Å². The molecule has 1 aliphatic heterocycles. The number of aliphatic imine (C=N–C) groups is 1. The average molecular weight is 345 g/mol. The predicted molar refractivity (Wildman–Crippen MR) is 97.3 cm³/mol. The third-order valence-corrected chi connectivity index (χ3v) is 8.25. The zero-order valence-electron chi connectivity index (χ0n) is 16.0. The smallest absolute Gasteiger partial charge is 0.309 e. The highest BCUT2D eigenvalue weighted by molar-refractivity contribution is 6.01. The highest BCUT2D eigenvalue weighted by atomic mass is 16.5. The second-order valence-corrected chi connectivity index (χ2v) is 9.03. The number of ether oxygens (including phenoxy) is 2. The fraction of sp³-hybridized carbons (Fsp3) is 0.810. The first-order valence-corrected chi connectivity index (χ1v) is 9.81. The van der Waals surface area contributed by atoms with E-state index in [0.717, 1.165) is 44.4 Å². The minimum Gasteiger partial charge on any atom is -0.501 e. The normalized spacial score (nSPS) is 45.4. The molecule has 0 aromatic heterocycles. The molecular formula is C21H31NO3. The Morgan fingerprint density at radius 3 is 2.68 bits per heavy atom. The van der Waals surface area contributed by atoms with Crippen molar-refractivity contribution in [3.63, 3.8) is 0 Å². The Balaban J connectivity index is 1.65. The van der Waals surface area contributed by atoms with Gasteiger partial charge < -0.3 is 9.47 Å². The molecule has 0 unspecified atom stereocenters. The molecule has 0 bridgehead atoms. The number of allylic oxidation sites excluding steroid dienone is 2. The van der Waals surface area contributed by atoms with Gasteiger partial charge in [0, 0.05) is 24.1 Å². The quantitative estimate of drug-likeness (QED) is 0.711. The van der Waals surface area contributed by atoms with Crippen LogP contribution in [0.1, 0.15) is 52.4 Å². The number of hydrogen-bond acceptors (Lipinski definition) is 4. The van der Waals surface area contributed by atoms with Crippen molar-refractivity contribution >= 4 is 11.7 Å². The van der Waals surface area contributed by atoms with Gasteiger partial charge in [0.25, 0.3) is 0 Å². The molecule has 4 aliphatic rings. The van der Waals surface area contributed by atoms with E-state index < -0.39 is 0 Å². The molecule has 0 saturated heterocycles. The van der Waals surface area contributed by atoms with Gasteiger partial charge in [0.1, 0.15) is 0 Å². The number of carbonyl (C=O) groups excluding carboxylic acids is 1. The molecule has 0 N–H and O–H groups in total. The van der Waals surface area contributed by atoms with Crippen molar-refractivity contribution in [2.45, 2.75) is 52.4 Å². The molecule has 0 spiro atoms. The topological polar surface area (TPSA) is 47.9 Å². The van der Waals surface area contributed by atoms with Gasteiger partial charge in [0.05, 0.1) is 25.9 Å². The summed E-state index contributed by atoms with van der Waals surface area (Å²) < 4.78 is 10.6. The standard InChI is InChI=1S/C21H31NO3/c1-20-10-8-16-14(15(20)5-6-17(20)19(23)25-4)12-22-18-11-13(24-3)7-9-21(16,18)2/h11,14-17H,5-10,12H2,1-4H3/t14-,15-,16-,17+,20-,21+/m0/s1. The molecule has 138 valence electrons. The first kappa shape index (κ1) is 17.1. The Morgan fingerprint density at radius 1 is 1.16 bits per heavy atom. The van der Waals surface area contributed by atoms with Crippen molar-refractivity contribution in [1.82, 2.24) is 0 Å². The number of esters is 1. The molecule has 4 rings (SSSR count). The van der Waals surface area contributed by atoms with Gasteiger partial charge in [-0.25, -0.2) is 0 Å². The molecule has 4 nitrogen and oxygen atoms in total. The molecular weight excluding hydrogens is 314 g/mol. The number of rotatable bonds is 2. The molecule has 0 radical (unpaired) electrons. The third kappa shape index (κ3) is 2.32. The van der Waals surface area contributed by atoms with E-state index in [0.29, 0.717) is 17.8 Å². The first-order chi connectivity index (χ1) is 11.9. The maximum absolute atomic E-state index is 12.3. The summed E-state index contributed by atoms with van der Waals surface area (Å²) in [5.41, 5.74) is 1.53. The van der Waals surface area contributed by atoms with Gasteiger partial charge in [-0.3, -0.25) is 9.79 Å². The molecule has 25 heavy (non-hydrogen) atoms. The maximum Gasteiger partial charge on any atom is 0.309 e. The molecule has 0 aromatic rings. The zero-order chi connectivity index (χ0) is 17.8. The van der Waals surface area contributed by atoms with Gasteiger partial charge >= 0.3 is 5.97 Å². The summed E-state index contributed by atoms with van der Waals surface area (Å²) in [6.45, 7) is 5.67. The van der Waals surface area contributed by atoms with E-state index in [1.807, 2.05) is 0 Å². The van der Waals surface area contributed by atoms with Gasteiger partial charge in [0.2, 0.25) is 0 Å². The molecule has 6 atom stereocenters. The zero-order valence-corrected chi connectivity index (χ0v) is 16.0. The number of hydrogen-bond donors (Lipinski definition) is 0. The van der Waals surface area contributed by atoms with E-state index in [2.05, 4.69) is 19.9 Å². The molecule has 0 aromatic carbocycles. The summed E-state index contributed by atoms with van der Waals surface area (Å²) in [6, 6.07) is 0. The molecule has 2 fully saturated rings. The van der Waals surface area contributed by atoms with E-state index in [1.165, 1.54) is 19.2 Å². The number of nitrogens with zero attached hydrogens (tertiary/aromatic N) is 1. The van der Waals surface area contributed by atoms with Gasteiger partial charge in [-0.2, -0.15) is 0 Å². The summed E-state index contributed by atoms with van der Waals surface area (Å²) in [4.78, 5) is 17.4. The molecule has 4 heteroatoms. The second kappa shape index (κ2) is 5.85. The van der Waals surface area contributed by atoms with Crippen LogP contribution < -0.4 is 0 Å². The van der Waals surface area contributed by atoms with Crippen LogP contribution in [0.2, 0.25) is 0 Å². The Labute approximate surface area is 151 Å². The molecule has 0 amide bonds. The van der Waals surface area contributed by atoms with Crippen LogP contribution in [-0.4, -0.2) is 32.4 Å². The second-order valence-electron chi connectivity index (χ2n) is 9.03. The highest BCUT2D eigenvalue weighted by Gasteiger charge is 2.60. The SMILES string of the molecule is COC(=O)[C@H]1CC[C@H]2[C@@H]3CN=C4C=C(OC)CC[C@]4(C)[C@H]3CC[C@]12C. The Kier molecular flexibility index (Phi) is 4.01. The van der Waals surface area contributed by atoms with E-state index in [1.54, 1.807) is 7.11 Å². The summed E-state index contributed by atoms with van der Waals surface area (Å²) in [7, 11) is 3.29. The lowest BCUT2D eigenvalue weighted by Gasteiger charge is -2.56.